The number of carboxylic acid groups (broad SMARTS) is 1. The summed E-state index contributed by atoms with van der Waals surface area (Å²) in [4.78, 5) is 12.8. The molecule has 0 aliphatic carbocycles. The van der Waals surface area contributed by atoms with E-state index < -0.39 is 12.1 Å². The van der Waals surface area contributed by atoms with E-state index in [1.165, 1.54) is 28.7 Å². The first-order chi connectivity index (χ1) is 9.09. The molecular formula is C15H15NO3. The van der Waals surface area contributed by atoms with Gasteiger partial charge < -0.3 is 15.2 Å². The topological polar surface area (TPSA) is 73.3 Å². The second kappa shape index (κ2) is 5.54. The van der Waals surface area contributed by atoms with Gasteiger partial charge in [0.05, 0.1) is 0 Å². The summed E-state index contributed by atoms with van der Waals surface area (Å²) in [6.07, 6.45) is -1.23. The Labute approximate surface area is 110 Å². The Kier molecular flexibility index (Phi) is 3.82. The van der Waals surface area contributed by atoms with E-state index in [2.05, 4.69) is 53.5 Å². The number of nitrogens with one attached hydrogen (secondary N) is 1. The van der Waals surface area contributed by atoms with Crippen LogP contribution in [-0.4, -0.2) is 27.3 Å². The molecule has 1 aromatic heterocycles. The summed E-state index contributed by atoms with van der Waals surface area (Å²) < 4.78 is 0. The van der Waals surface area contributed by atoms with Crippen LogP contribution in [0.3, 0.4) is 0 Å². The molecule has 4 nitrogen and oxygen atoms in total. The van der Waals surface area contributed by atoms with E-state index >= 15 is 0 Å². The predicted octanol–water partition coefficient (Wildman–Crippen LogP) is 2.77. The lowest BCUT2D eigenvalue weighted by Gasteiger charge is -1.89. The van der Waals surface area contributed by atoms with Crippen LogP contribution in [0.15, 0.2) is 48.5 Å². The van der Waals surface area contributed by atoms with Gasteiger partial charge in [-0.25, -0.2) is 4.79 Å². The molecule has 1 atom stereocenters. The minimum Gasteiger partial charge on any atom is -0.479 e. The standard InChI is InChI=1S/C12H9N.C3H6O3/c1-3-7-11-9(5-1)10-6-2-4-8-12(10)13-11;1-2(4)3(5)6/h1-8,13H;2,4H,1H3,(H,5,6). The fourth-order valence-electron chi connectivity index (χ4n) is 1.80. The number of aromatic amines is 1. The van der Waals surface area contributed by atoms with Crippen LogP contribution in [0.4, 0.5) is 0 Å². The fraction of sp³-hybridized carbons (Fsp3) is 0.133. The third-order valence-electron chi connectivity index (χ3n) is 2.77. The molecule has 0 radical (unpaired) electrons. The molecule has 3 N–H and O–H groups in total. The molecule has 0 aliphatic heterocycles. The van der Waals surface area contributed by atoms with Crippen molar-refractivity contribution >= 4 is 27.8 Å². The van der Waals surface area contributed by atoms with Crippen molar-refractivity contribution < 1.29 is 15.0 Å². The van der Waals surface area contributed by atoms with Crippen molar-refractivity contribution in [1.29, 1.82) is 0 Å². The zero-order valence-electron chi connectivity index (χ0n) is 10.5. The molecule has 1 unspecified atom stereocenters. The van der Waals surface area contributed by atoms with E-state index in [0.29, 0.717) is 0 Å². The molecule has 0 aliphatic rings. The van der Waals surface area contributed by atoms with Crippen LogP contribution >= 0.6 is 0 Å². The Morgan fingerprint density at radius 2 is 1.37 bits per heavy atom. The molecule has 0 saturated carbocycles. The number of hydrogen-bond acceptors (Lipinski definition) is 2. The van der Waals surface area contributed by atoms with Gasteiger partial charge in [0.2, 0.25) is 0 Å². The predicted molar refractivity (Wildman–Crippen MR) is 75.1 cm³/mol. The highest BCUT2D eigenvalue weighted by molar-refractivity contribution is 6.06. The quantitative estimate of drug-likeness (QED) is 0.627. The number of hydrogen-bond donors (Lipinski definition) is 3. The van der Waals surface area contributed by atoms with Crippen molar-refractivity contribution in [2.45, 2.75) is 13.0 Å². The van der Waals surface area contributed by atoms with Gasteiger partial charge in [0, 0.05) is 21.8 Å². The van der Waals surface area contributed by atoms with Crippen LogP contribution in [0, 0.1) is 0 Å². The third-order valence-corrected chi connectivity index (χ3v) is 2.77. The second-order valence-corrected chi connectivity index (χ2v) is 4.23. The molecule has 0 fully saturated rings. The first kappa shape index (κ1) is 13.1. The highest BCUT2D eigenvalue weighted by Crippen LogP contribution is 2.24. The van der Waals surface area contributed by atoms with Crippen LogP contribution in [0.1, 0.15) is 6.92 Å². The van der Waals surface area contributed by atoms with Gasteiger partial charge in [0.15, 0.2) is 0 Å². The van der Waals surface area contributed by atoms with Gasteiger partial charge in [-0.1, -0.05) is 36.4 Å². The van der Waals surface area contributed by atoms with Crippen molar-refractivity contribution in [3.8, 4) is 0 Å². The van der Waals surface area contributed by atoms with E-state index in [9.17, 15) is 4.79 Å². The monoisotopic (exact) mass is 257 g/mol. The second-order valence-electron chi connectivity index (χ2n) is 4.23. The van der Waals surface area contributed by atoms with E-state index in [1.807, 2.05) is 0 Å². The van der Waals surface area contributed by atoms with E-state index in [4.69, 9.17) is 10.2 Å². The molecule has 98 valence electrons. The lowest BCUT2D eigenvalue weighted by Crippen LogP contribution is -2.13. The number of aliphatic carboxylic acids is 1. The number of aliphatic hydroxyl groups is 1. The number of para-hydroxylation sites is 2. The molecule has 3 rings (SSSR count). The molecule has 0 saturated heterocycles. The number of aromatic nitrogens is 1. The first-order valence-electron chi connectivity index (χ1n) is 5.96. The lowest BCUT2D eigenvalue weighted by atomic mass is 10.2. The number of H-pyrrole nitrogens is 1. The minimum atomic E-state index is -1.23. The summed E-state index contributed by atoms with van der Waals surface area (Å²) in [5.74, 6) is -1.19. The van der Waals surface area contributed by atoms with Crippen LogP contribution in [-0.2, 0) is 4.79 Å². The third kappa shape index (κ3) is 2.92. The molecule has 0 bridgehead atoms. The summed E-state index contributed by atoms with van der Waals surface area (Å²) in [6.45, 7) is 1.20. The van der Waals surface area contributed by atoms with Gasteiger partial charge in [0.25, 0.3) is 0 Å². The molecule has 4 heteroatoms. The summed E-state index contributed by atoms with van der Waals surface area (Å²) in [6, 6.07) is 16.8. The maximum absolute atomic E-state index is 9.45. The Hall–Kier alpha value is -2.33. The lowest BCUT2D eigenvalue weighted by molar-refractivity contribution is -0.145. The summed E-state index contributed by atoms with van der Waals surface area (Å²) in [7, 11) is 0. The Balaban J connectivity index is 0.000000192. The van der Waals surface area contributed by atoms with E-state index in [0.717, 1.165) is 0 Å². The zero-order valence-corrected chi connectivity index (χ0v) is 10.5. The van der Waals surface area contributed by atoms with Crippen LogP contribution < -0.4 is 0 Å². The van der Waals surface area contributed by atoms with Crippen molar-refractivity contribution in [2.75, 3.05) is 0 Å². The maximum atomic E-state index is 9.45. The number of carboxylic acids is 1. The van der Waals surface area contributed by atoms with Gasteiger partial charge in [-0.2, -0.15) is 0 Å². The van der Waals surface area contributed by atoms with Crippen LogP contribution in [0.25, 0.3) is 21.8 Å². The van der Waals surface area contributed by atoms with Crippen LogP contribution in [0.2, 0.25) is 0 Å². The number of benzene rings is 2. The molecular weight excluding hydrogens is 242 g/mol. The molecule has 2 aromatic carbocycles. The van der Waals surface area contributed by atoms with Gasteiger partial charge in [0.1, 0.15) is 6.10 Å². The molecule has 0 spiro atoms. The summed E-state index contributed by atoms with van der Waals surface area (Å²) >= 11 is 0. The Morgan fingerprint density at radius 3 is 1.74 bits per heavy atom. The highest BCUT2D eigenvalue weighted by Gasteiger charge is 2.01. The Morgan fingerprint density at radius 1 is 1.00 bits per heavy atom. The minimum absolute atomic E-state index is 1.19. The number of carbonyl (C=O) groups is 1. The Bertz CT molecular complexity index is 650. The normalized spacial score (nSPS) is 11.9. The van der Waals surface area contributed by atoms with E-state index in [1.54, 1.807) is 0 Å². The summed E-state index contributed by atoms with van der Waals surface area (Å²) in [5, 5.41) is 18.4. The van der Waals surface area contributed by atoms with Crippen molar-refractivity contribution in [3.05, 3.63) is 48.5 Å². The van der Waals surface area contributed by atoms with Crippen LogP contribution in [0.5, 0.6) is 0 Å². The SMILES string of the molecule is CC(O)C(=O)O.c1ccc2c(c1)[nH]c1ccccc12. The molecule has 0 amide bonds. The summed E-state index contributed by atoms with van der Waals surface area (Å²) in [5.41, 5.74) is 2.42. The van der Waals surface area contributed by atoms with Gasteiger partial charge in [-0.05, 0) is 19.1 Å². The van der Waals surface area contributed by atoms with Gasteiger partial charge >= 0.3 is 5.97 Å². The number of fused-ring (bicyclic) bond motifs is 3. The molecule has 19 heavy (non-hydrogen) atoms. The zero-order chi connectivity index (χ0) is 13.8. The van der Waals surface area contributed by atoms with Gasteiger partial charge in [-0.3, -0.25) is 0 Å². The highest BCUT2D eigenvalue weighted by atomic mass is 16.4. The smallest absolute Gasteiger partial charge is 0.332 e. The van der Waals surface area contributed by atoms with Crippen molar-refractivity contribution in [3.63, 3.8) is 0 Å². The molecule has 1 heterocycles. The first-order valence-corrected chi connectivity index (χ1v) is 5.96. The number of aliphatic hydroxyl groups excluding tert-OH is 1. The van der Waals surface area contributed by atoms with Crippen molar-refractivity contribution in [1.82, 2.24) is 4.98 Å². The fourth-order valence-corrected chi connectivity index (χ4v) is 1.80. The van der Waals surface area contributed by atoms with Gasteiger partial charge in [-0.15, -0.1) is 0 Å². The number of rotatable bonds is 1. The van der Waals surface area contributed by atoms with E-state index in [-0.39, 0.29) is 0 Å². The largest absolute Gasteiger partial charge is 0.479 e. The average molecular weight is 257 g/mol. The molecule has 3 aromatic rings. The average Bonchev–Trinajstić information content (AvgIpc) is 2.78. The van der Waals surface area contributed by atoms with Crippen molar-refractivity contribution in [2.24, 2.45) is 0 Å². The maximum Gasteiger partial charge on any atom is 0.332 e.